The van der Waals surface area contributed by atoms with Crippen LogP contribution in [0, 0.1) is 12.1 Å². The number of rotatable bonds is 2. The van der Waals surface area contributed by atoms with Gasteiger partial charge in [-0.05, 0) is 28.4 Å². The van der Waals surface area contributed by atoms with E-state index in [0.717, 1.165) is 19.3 Å². The fourth-order valence-electron chi connectivity index (χ4n) is 4.27. The molecule has 0 spiro atoms. The average Bonchev–Trinajstić information content (AvgIpc) is 3.35. The topological polar surface area (TPSA) is 0 Å². The molecule has 2 heteroatoms. The van der Waals surface area contributed by atoms with Crippen LogP contribution in [0.4, 0.5) is 0 Å². The van der Waals surface area contributed by atoms with Crippen molar-refractivity contribution in [1.29, 1.82) is 0 Å². The quantitative estimate of drug-likeness (QED) is 0.241. The van der Waals surface area contributed by atoms with Gasteiger partial charge in [0.05, 0.1) is 0 Å². The Labute approximate surface area is 222 Å². The summed E-state index contributed by atoms with van der Waals surface area (Å²) in [6.45, 7) is 22.5. The zero-order valence-electron chi connectivity index (χ0n) is 23.3. The zero-order valence-corrected chi connectivity index (χ0v) is 25.9. The summed E-state index contributed by atoms with van der Waals surface area (Å²) in [6.07, 6.45) is 10.1. The molecule has 0 nitrogen and oxygen atoms in total. The molecule has 0 saturated carbocycles. The first-order chi connectivity index (χ1) is 15.8. The van der Waals surface area contributed by atoms with Gasteiger partial charge in [0.15, 0.2) is 0 Å². The van der Waals surface area contributed by atoms with Crippen molar-refractivity contribution < 1.29 is 19.2 Å². The summed E-state index contributed by atoms with van der Waals surface area (Å²) in [5.41, 5.74) is 11.7. The first-order valence-electron chi connectivity index (χ1n) is 12.8. The summed E-state index contributed by atoms with van der Waals surface area (Å²) in [5, 5.41) is 0. The third kappa shape index (κ3) is 7.94. The van der Waals surface area contributed by atoms with Crippen LogP contribution in [-0.4, -0.2) is 6.19 Å². The van der Waals surface area contributed by atoms with Crippen molar-refractivity contribution in [3.8, 4) is 11.1 Å². The van der Waals surface area contributed by atoms with Gasteiger partial charge in [0, 0.05) is 0 Å². The monoisotopic (exact) mass is 504 g/mol. The maximum atomic E-state index is 3.67. The van der Waals surface area contributed by atoms with E-state index in [1.54, 1.807) is 0 Å². The second kappa shape index (κ2) is 12.2. The summed E-state index contributed by atoms with van der Waals surface area (Å²) in [7, 11) is 0. The van der Waals surface area contributed by atoms with Crippen LogP contribution in [0.25, 0.3) is 11.1 Å². The minimum atomic E-state index is 0.120. The molecular weight excluding hydrogens is 460 g/mol. The maximum absolute atomic E-state index is 3.67. The summed E-state index contributed by atoms with van der Waals surface area (Å²) in [4.78, 5) is 0. The van der Waals surface area contributed by atoms with E-state index in [1.165, 1.54) is 50.9 Å². The molecule has 0 bridgehead atoms. The Kier molecular flexibility index (Phi) is 10.4. The summed E-state index contributed by atoms with van der Waals surface area (Å²) < 4.78 is 0. The predicted octanol–water partition coefficient (Wildman–Crippen LogP) is 9.30. The van der Waals surface area contributed by atoms with Crippen LogP contribution in [0.1, 0.15) is 96.9 Å². The van der Waals surface area contributed by atoms with Crippen molar-refractivity contribution in [1.82, 2.24) is 0 Å². The molecule has 0 unspecified atom stereocenters. The van der Waals surface area contributed by atoms with E-state index in [-0.39, 0.29) is 17.0 Å². The second-order valence-corrected chi connectivity index (χ2v) is 18.3. The van der Waals surface area contributed by atoms with E-state index in [0.29, 0.717) is 0 Å². The van der Waals surface area contributed by atoms with Crippen molar-refractivity contribution in [3.05, 3.63) is 82.0 Å². The molecule has 2 aliphatic carbocycles. The van der Waals surface area contributed by atoms with Crippen molar-refractivity contribution in [2.75, 3.05) is 0 Å². The molecule has 2 aliphatic rings. The van der Waals surface area contributed by atoms with Crippen LogP contribution in [0.5, 0.6) is 0 Å². The summed E-state index contributed by atoms with van der Waals surface area (Å²) in [6, 6.07) is 15.2. The van der Waals surface area contributed by atoms with E-state index in [1.807, 2.05) is 0 Å². The van der Waals surface area contributed by atoms with Gasteiger partial charge in [0.1, 0.15) is 0 Å². The van der Waals surface area contributed by atoms with Gasteiger partial charge in [-0.3, -0.25) is 6.08 Å². The van der Waals surface area contributed by atoms with Crippen LogP contribution >= 0.6 is 0 Å². The van der Waals surface area contributed by atoms with Gasteiger partial charge in [-0.25, -0.2) is 5.57 Å². The average molecular weight is 505 g/mol. The first kappa shape index (κ1) is 29.1. The van der Waals surface area contributed by atoms with Gasteiger partial charge in [-0.1, -0.05) is 92.0 Å². The Morgan fingerprint density at radius 1 is 0.882 bits per heavy atom. The normalized spacial score (nSPS) is 14.1. The Hall–Kier alpha value is -1.15. The standard InChI is InChI=1S/C21H25.C9H13.C2H6Si.Ti/c1-20(2,3)16-7-9-18-14(12-16)11-15-13-17(21(4,5)6)8-10-19(15)18;1-3-8-6-5-7-9(8)4-2;1-3-2;/h7-10,12H,11H2,1-6H3;6H,3-5H2,1-2H3;1-2H3;/q2*-1;;+2. The van der Waals surface area contributed by atoms with Crippen LogP contribution in [0.15, 0.2) is 47.6 Å². The van der Waals surface area contributed by atoms with Crippen LogP contribution in [0.3, 0.4) is 0 Å². The molecule has 0 saturated heterocycles. The predicted molar refractivity (Wildman–Crippen MR) is 148 cm³/mol. The van der Waals surface area contributed by atoms with Crippen molar-refractivity contribution in [2.45, 2.75) is 105 Å². The van der Waals surface area contributed by atoms with E-state index >= 15 is 0 Å². The van der Waals surface area contributed by atoms with Gasteiger partial charge < -0.3 is 0 Å². The molecule has 0 aliphatic heterocycles. The third-order valence-electron chi connectivity index (χ3n) is 6.25. The molecule has 0 amide bonds. The van der Waals surface area contributed by atoms with Gasteiger partial charge in [-0.2, -0.15) is 35.4 Å². The minimum absolute atomic E-state index is 0.120. The van der Waals surface area contributed by atoms with E-state index < -0.39 is 0 Å². The van der Waals surface area contributed by atoms with Gasteiger partial charge >= 0.3 is 38.5 Å². The molecule has 0 atom stereocenters. The fraction of sp³-hybridized carbons (Fsp3) is 0.500. The zero-order chi connectivity index (χ0) is 25.7. The van der Waals surface area contributed by atoms with Crippen molar-refractivity contribution in [3.63, 3.8) is 0 Å². The van der Waals surface area contributed by atoms with Gasteiger partial charge in [-0.15, -0.1) is 17.5 Å². The molecule has 2 aromatic rings. The molecular formula is C32H44SiTi. The molecule has 4 rings (SSSR count). The summed E-state index contributed by atoms with van der Waals surface area (Å²) >= 11 is 2.27. The Bertz CT molecular complexity index is 988. The van der Waals surface area contributed by atoms with Gasteiger partial charge in [0.25, 0.3) is 0 Å². The van der Waals surface area contributed by atoms with Gasteiger partial charge in [0.2, 0.25) is 0 Å². The molecule has 0 fully saturated rings. The van der Waals surface area contributed by atoms with Crippen molar-refractivity contribution in [2.24, 2.45) is 0 Å². The Morgan fingerprint density at radius 2 is 1.50 bits per heavy atom. The number of allylic oxidation sites excluding steroid dienone is 4. The second-order valence-electron chi connectivity index (χ2n) is 11.6. The fourth-order valence-corrected chi connectivity index (χ4v) is 4.27. The first-order valence-corrected chi connectivity index (χ1v) is 17.6. The molecule has 34 heavy (non-hydrogen) atoms. The molecule has 2 aromatic carbocycles. The number of benzene rings is 2. The Balaban J connectivity index is 0.000000260. The molecule has 0 aromatic heterocycles. The third-order valence-corrected chi connectivity index (χ3v) is 6.25. The number of hydrogen-bond acceptors (Lipinski definition) is 0. The Morgan fingerprint density at radius 3 is 2.00 bits per heavy atom. The van der Waals surface area contributed by atoms with Crippen LogP contribution < -0.4 is 0 Å². The SMILES string of the molecule is CC(C)(C)c1[c-]c2c(cc1)-c1ccc(C(C)(C)C)cc1C2.CCC1=[C-]CC=C1CC.C[Si](C)=[Ti+2]. The molecule has 180 valence electrons. The van der Waals surface area contributed by atoms with Crippen LogP contribution in [-0.2, 0) is 36.4 Å². The van der Waals surface area contributed by atoms with Crippen molar-refractivity contribution >= 4 is 6.19 Å². The summed E-state index contributed by atoms with van der Waals surface area (Å²) in [5.74, 6) is 0. The number of hydrogen-bond donors (Lipinski definition) is 0. The van der Waals surface area contributed by atoms with E-state index in [4.69, 9.17) is 0 Å². The molecule has 0 heterocycles. The van der Waals surface area contributed by atoms with E-state index in [2.05, 4.69) is 136 Å². The molecule has 0 radical (unpaired) electrons. The van der Waals surface area contributed by atoms with Crippen LogP contribution in [0.2, 0.25) is 13.1 Å². The number of fused-ring (bicyclic) bond motifs is 3. The van der Waals surface area contributed by atoms with E-state index in [9.17, 15) is 0 Å². The molecule has 0 N–H and O–H groups in total.